The third-order valence-corrected chi connectivity index (χ3v) is 3.55. The topological polar surface area (TPSA) is 67.8 Å². The Hall–Kier alpha value is -0.650. The van der Waals surface area contributed by atoms with E-state index < -0.39 is 12.1 Å². The summed E-state index contributed by atoms with van der Waals surface area (Å²) in [6.45, 7) is 4.48. The fraction of sp³-hybridized carbons (Fsp3) is 0.917. The van der Waals surface area contributed by atoms with Crippen LogP contribution in [0.5, 0.6) is 0 Å². The van der Waals surface area contributed by atoms with E-state index in [4.69, 9.17) is 14.6 Å². The van der Waals surface area contributed by atoms with Crippen LogP contribution in [0.25, 0.3) is 0 Å². The molecule has 2 heterocycles. The minimum atomic E-state index is -0.849. The average Bonchev–Trinajstić information content (AvgIpc) is 2.88. The Morgan fingerprint density at radius 1 is 1.53 bits per heavy atom. The Labute approximate surface area is 101 Å². The van der Waals surface area contributed by atoms with E-state index in [1.165, 1.54) is 0 Å². The molecule has 0 aliphatic carbocycles. The maximum atomic E-state index is 10.7. The van der Waals surface area contributed by atoms with Gasteiger partial charge in [-0.15, -0.1) is 0 Å². The number of carbonyl (C=O) groups is 1. The second kappa shape index (κ2) is 5.33. The zero-order valence-electron chi connectivity index (χ0n) is 10.3. The average molecular weight is 243 g/mol. The van der Waals surface area contributed by atoms with E-state index in [0.29, 0.717) is 13.0 Å². The highest BCUT2D eigenvalue weighted by molar-refractivity contribution is 5.72. The second-order valence-corrected chi connectivity index (χ2v) is 5.20. The van der Waals surface area contributed by atoms with Crippen LogP contribution in [0, 0.1) is 0 Å². The summed E-state index contributed by atoms with van der Waals surface area (Å²) in [4.78, 5) is 10.7. The van der Waals surface area contributed by atoms with E-state index in [9.17, 15) is 4.79 Å². The van der Waals surface area contributed by atoms with Gasteiger partial charge in [-0.3, -0.25) is 0 Å². The van der Waals surface area contributed by atoms with Gasteiger partial charge in [0.05, 0.1) is 11.7 Å². The van der Waals surface area contributed by atoms with E-state index in [0.717, 1.165) is 32.4 Å². The lowest BCUT2D eigenvalue weighted by molar-refractivity contribution is -0.149. The first-order valence-electron chi connectivity index (χ1n) is 6.32. The molecule has 17 heavy (non-hydrogen) atoms. The largest absolute Gasteiger partial charge is 0.479 e. The standard InChI is InChI=1S/C12H21NO4/c1-12(5-2-6-16-12)8-13-7-9-3-4-10(17-9)11(14)15/h9-10,13H,2-8H2,1H3,(H,14,15). The van der Waals surface area contributed by atoms with Gasteiger partial charge in [0, 0.05) is 19.7 Å². The number of hydrogen-bond donors (Lipinski definition) is 2. The fourth-order valence-corrected chi connectivity index (χ4v) is 2.51. The van der Waals surface area contributed by atoms with Crippen LogP contribution in [0.1, 0.15) is 32.6 Å². The van der Waals surface area contributed by atoms with Crippen LogP contribution in [-0.4, -0.2) is 48.6 Å². The zero-order valence-corrected chi connectivity index (χ0v) is 10.3. The molecule has 2 rings (SSSR count). The van der Waals surface area contributed by atoms with Crippen LogP contribution >= 0.6 is 0 Å². The molecule has 98 valence electrons. The lowest BCUT2D eigenvalue weighted by atomic mass is 10.0. The number of rotatable bonds is 5. The van der Waals surface area contributed by atoms with E-state index in [1.807, 2.05) is 0 Å². The highest BCUT2D eigenvalue weighted by Crippen LogP contribution is 2.24. The number of carboxylic acids is 1. The highest BCUT2D eigenvalue weighted by atomic mass is 16.5. The number of nitrogens with one attached hydrogen (secondary N) is 1. The number of aliphatic carboxylic acids is 1. The monoisotopic (exact) mass is 243 g/mol. The Bertz CT molecular complexity index is 276. The van der Waals surface area contributed by atoms with Crippen molar-refractivity contribution in [2.45, 2.75) is 50.4 Å². The lowest BCUT2D eigenvalue weighted by Gasteiger charge is -2.24. The van der Waals surface area contributed by atoms with Crippen molar-refractivity contribution in [2.24, 2.45) is 0 Å². The van der Waals surface area contributed by atoms with Gasteiger partial charge < -0.3 is 19.9 Å². The zero-order chi connectivity index (χ0) is 12.3. The highest BCUT2D eigenvalue weighted by Gasteiger charge is 2.32. The molecule has 3 unspecified atom stereocenters. The summed E-state index contributed by atoms with van der Waals surface area (Å²) < 4.78 is 11.1. The molecule has 0 aromatic carbocycles. The summed E-state index contributed by atoms with van der Waals surface area (Å²) in [5.41, 5.74) is -0.0508. The molecule has 0 radical (unpaired) electrons. The molecular formula is C12H21NO4. The molecule has 0 amide bonds. The molecule has 0 saturated carbocycles. The van der Waals surface area contributed by atoms with Crippen LogP contribution in [0.2, 0.25) is 0 Å². The van der Waals surface area contributed by atoms with Crippen molar-refractivity contribution < 1.29 is 19.4 Å². The molecule has 3 atom stereocenters. The van der Waals surface area contributed by atoms with Crippen LogP contribution < -0.4 is 5.32 Å². The molecule has 2 saturated heterocycles. The van der Waals surface area contributed by atoms with E-state index in [-0.39, 0.29) is 11.7 Å². The van der Waals surface area contributed by atoms with Crippen molar-refractivity contribution >= 4 is 5.97 Å². The van der Waals surface area contributed by atoms with Crippen LogP contribution in [0.15, 0.2) is 0 Å². The molecule has 5 heteroatoms. The summed E-state index contributed by atoms with van der Waals surface area (Å²) in [6, 6.07) is 0. The van der Waals surface area contributed by atoms with E-state index >= 15 is 0 Å². The quantitative estimate of drug-likeness (QED) is 0.746. The SMILES string of the molecule is CC1(CNCC2CCC(C(=O)O)O2)CCCO1. The van der Waals surface area contributed by atoms with Gasteiger partial charge in [0.2, 0.25) is 0 Å². The first kappa shape index (κ1) is 12.8. The summed E-state index contributed by atoms with van der Waals surface area (Å²) in [6.07, 6.45) is 3.07. The minimum absolute atomic E-state index is 0.0288. The first-order chi connectivity index (χ1) is 8.09. The Morgan fingerprint density at radius 2 is 2.35 bits per heavy atom. The molecule has 0 bridgehead atoms. The van der Waals surface area contributed by atoms with Crippen LogP contribution in [0.3, 0.4) is 0 Å². The maximum absolute atomic E-state index is 10.7. The third kappa shape index (κ3) is 3.40. The van der Waals surface area contributed by atoms with Gasteiger partial charge >= 0.3 is 5.97 Å². The summed E-state index contributed by atoms with van der Waals surface area (Å²) in [7, 11) is 0. The van der Waals surface area contributed by atoms with Crippen molar-refractivity contribution in [3.8, 4) is 0 Å². The van der Waals surface area contributed by atoms with Gasteiger partial charge in [-0.1, -0.05) is 0 Å². The Morgan fingerprint density at radius 3 is 2.94 bits per heavy atom. The van der Waals surface area contributed by atoms with Crippen LogP contribution in [-0.2, 0) is 14.3 Å². The van der Waals surface area contributed by atoms with E-state index in [2.05, 4.69) is 12.2 Å². The third-order valence-electron chi connectivity index (χ3n) is 3.55. The molecule has 0 aromatic rings. The second-order valence-electron chi connectivity index (χ2n) is 5.20. The van der Waals surface area contributed by atoms with Gasteiger partial charge in [-0.25, -0.2) is 4.79 Å². The summed E-state index contributed by atoms with van der Waals surface area (Å²) in [5, 5.41) is 12.1. The first-order valence-corrected chi connectivity index (χ1v) is 6.32. The molecule has 2 fully saturated rings. The van der Waals surface area contributed by atoms with Crippen molar-refractivity contribution in [3.05, 3.63) is 0 Å². The molecule has 2 aliphatic heterocycles. The fourth-order valence-electron chi connectivity index (χ4n) is 2.51. The molecule has 0 spiro atoms. The van der Waals surface area contributed by atoms with Crippen LogP contribution in [0.4, 0.5) is 0 Å². The number of hydrogen-bond acceptors (Lipinski definition) is 4. The lowest BCUT2D eigenvalue weighted by Crippen LogP contribution is -2.40. The van der Waals surface area contributed by atoms with Crippen molar-refractivity contribution in [3.63, 3.8) is 0 Å². The van der Waals surface area contributed by atoms with Gasteiger partial charge in [-0.05, 0) is 32.6 Å². The number of ether oxygens (including phenoxy) is 2. The predicted molar refractivity (Wildman–Crippen MR) is 62.0 cm³/mol. The molecule has 0 aromatic heterocycles. The van der Waals surface area contributed by atoms with Crippen molar-refractivity contribution in [1.29, 1.82) is 0 Å². The van der Waals surface area contributed by atoms with Gasteiger partial charge in [0.25, 0.3) is 0 Å². The molecule has 5 nitrogen and oxygen atoms in total. The summed E-state index contributed by atoms with van der Waals surface area (Å²) in [5.74, 6) is -0.849. The normalized spacial score (nSPS) is 37.5. The smallest absolute Gasteiger partial charge is 0.332 e. The Kier molecular flexibility index (Phi) is 4.01. The minimum Gasteiger partial charge on any atom is -0.479 e. The van der Waals surface area contributed by atoms with Gasteiger partial charge in [-0.2, -0.15) is 0 Å². The summed E-state index contributed by atoms with van der Waals surface area (Å²) >= 11 is 0. The molecular weight excluding hydrogens is 222 g/mol. The van der Waals surface area contributed by atoms with Gasteiger partial charge in [0.15, 0.2) is 6.10 Å². The number of carboxylic acid groups (broad SMARTS) is 1. The molecule has 2 aliphatic rings. The Balaban J connectivity index is 1.64. The maximum Gasteiger partial charge on any atom is 0.332 e. The molecule has 2 N–H and O–H groups in total. The van der Waals surface area contributed by atoms with E-state index in [1.54, 1.807) is 0 Å². The van der Waals surface area contributed by atoms with Gasteiger partial charge in [0.1, 0.15) is 0 Å². The van der Waals surface area contributed by atoms with Crippen molar-refractivity contribution in [1.82, 2.24) is 5.32 Å². The van der Waals surface area contributed by atoms with Crippen molar-refractivity contribution in [2.75, 3.05) is 19.7 Å². The predicted octanol–water partition coefficient (Wildman–Crippen LogP) is 0.777.